The van der Waals surface area contributed by atoms with Crippen LogP contribution in [0.2, 0.25) is 0 Å². The van der Waals surface area contributed by atoms with Gasteiger partial charge in [-0.25, -0.2) is 9.59 Å². The molecule has 5 atom stereocenters. The summed E-state index contributed by atoms with van der Waals surface area (Å²) in [5.74, 6) is 0.347. The van der Waals surface area contributed by atoms with E-state index < -0.39 is 0 Å². The molecule has 2 aliphatic carbocycles. The summed E-state index contributed by atoms with van der Waals surface area (Å²) in [5.41, 5.74) is 3.00. The van der Waals surface area contributed by atoms with Crippen LogP contribution in [0.4, 0.5) is 0 Å². The Bertz CT molecular complexity index is 759. The van der Waals surface area contributed by atoms with Crippen LogP contribution in [0, 0.1) is 22.7 Å². The van der Waals surface area contributed by atoms with E-state index >= 15 is 0 Å². The highest BCUT2D eigenvalue weighted by Gasteiger charge is 2.58. The van der Waals surface area contributed by atoms with Gasteiger partial charge in [-0.05, 0) is 77.0 Å². The summed E-state index contributed by atoms with van der Waals surface area (Å²) in [4.78, 5) is 24.2. The number of carbonyl (C=O) groups excluding carboxylic acids is 2. The molecule has 0 aromatic carbocycles. The average Bonchev–Trinajstić information content (AvgIpc) is 2.71. The van der Waals surface area contributed by atoms with Gasteiger partial charge < -0.3 is 9.47 Å². The van der Waals surface area contributed by atoms with Crippen LogP contribution >= 0.6 is 0 Å². The van der Waals surface area contributed by atoms with Crippen LogP contribution in [0.15, 0.2) is 34.9 Å². The normalized spacial score (nSPS) is 34.7. The summed E-state index contributed by atoms with van der Waals surface area (Å²) in [6, 6.07) is 0. The Morgan fingerprint density at radius 1 is 1.27 bits per heavy atom. The molecular formula is C26H40O4. The molecule has 0 amide bonds. The Morgan fingerprint density at radius 3 is 2.53 bits per heavy atom. The van der Waals surface area contributed by atoms with Gasteiger partial charge in [-0.15, -0.1) is 0 Å². The topological polar surface area (TPSA) is 52.6 Å². The standard InChI is InChI=1S/C26H40O4/c1-9-18(3)24(28)30-22-16-20(5)25(6,14-13-17(2)15-23(27)29-8)21-12-10-11-19(4)26(21,22)7/h9,11,15,20-22H,10,12-14,16H2,1-8H3/b17-15+,18-9+/t20-,21-,22+,25+,26+/m1/s1. The van der Waals surface area contributed by atoms with Crippen molar-refractivity contribution in [1.82, 2.24) is 0 Å². The second kappa shape index (κ2) is 9.53. The van der Waals surface area contributed by atoms with Crippen LogP contribution in [-0.4, -0.2) is 25.2 Å². The van der Waals surface area contributed by atoms with Gasteiger partial charge in [-0.2, -0.15) is 0 Å². The van der Waals surface area contributed by atoms with Crippen LogP contribution in [-0.2, 0) is 19.1 Å². The Hall–Kier alpha value is -1.84. The second-order valence-corrected chi connectivity index (χ2v) is 9.82. The molecule has 0 unspecified atom stereocenters. The molecule has 2 rings (SSSR count). The number of esters is 2. The van der Waals surface area contributed by atoms with E-state index in [-0.39, 0.29) is 28.9 Å². The van der Waals surface area contributed by atoms with Crippen molar-refractivity contribution in [3.63, 3.8) is 0 Å². The number of methoxy groups -OCH3 is 1. The fourth-order valence-corrected chi connectivity index (χ4v) is 5.66. The number of allylic oxidation sites excluding steroid dienone is 3. The molecule has 0 N–H and O–H groups in total. The third kappa shape index (κ3) is 4.58. The number of hydrogen-bond donors (Lipinski definition) is 0. The molecular weight excluding hydrogens is 376 g/mol. The van der Waals surface area contributed by atoms with Crippen molar-refractivity contribution in [1.29, 1.82) is 0 Å². The minimum atomic E-state index is -0.290. The predicted molar refractivity (Wildman–Crippen MR) is 121 cm³/mol. The zero-order valence-corrected chi connectivity index (χ0v) is 20.1. The molecule has 0 bridgehead atoms. The molecule has 0 spiro atoms. The summed E-state index contributed by atoms with van der Waals surface area (Å²) in [6.45, 7) is 14.9. The zero-order chi connectivity index (χ0) is 22.7. The molecule has 30 heavy (non-hydrogen) atoms. The summed E-state index contributed by atoms with van der Waals surface area (Å²) in [7, 11) is 1.41. The molecule has 0 aliphatic heterocycles. The third-order valence-electron chi connectivity index (χ3n) is 8.27. The van der Waals surface area contributed by atoms with E-state index in [9.17, 15) is 9.59 Å². The lowest BCUT2D eigenvalue weighted by molar-refractivity contribution is -0.172. The highest BCUT2D eigenvalue weighted by molar-refractivity contribution is 5.87. The van der Waals surface area contributed by atoms with E-state index in [1.165, 1.54) is 12.7 Å². The third-order valence-corrected chi connectivity index (χ3v) is 8.27. The van der Waals surface area contributed by atoms with E-state index in [1.54, 1.807) is 6.08 Å². The molecule has 4 heteroatoms. The maximum atomic E-state index is 12.6. The summed E-state index contributed by atoms with van der Waals surface area (Å²) in [5, 5.41) is 0. The Balaban J connectivity index is 2.34. The molecule has 2 aliphatic rings. The molecule has 4 nitrogen and oxygen atoms in total. The smallest absolute Gasteiger partial charge is 0.333 e. The number of rotatable bonds is 6. The molecule has 0 heterocycles. The number of hydrogen-bond acceptors (Lipinski definition) is 4. The van der Waals surface area contributed by atoms with Crippen molar-refractivity contribution >= 4 is 11.9 Å². The molecule has 0 radical (unpaired) electrons. The van der Waals surface area contributed by atoms with Crippen LogP contribution in [0.1, 0.15) is 80.6 Å². The van der Waals surface area contributed by atoms with Gasteiger partial charge in [0.25, 0.3) is 0 Å². The van der Waals surface area contributed by atoms with Gasteiger partial charge in [0, 0.05) is 17.1 Å². The predicted octanol–water partition coefficient (Wildman–Crippen LogP) is 6.17. The molecule has 0 aromatic heterocycles. The summed E-state index contributed by atoms with van der Waals surface area (Å²) in [6.07, 6.45) is 10.5. The van der Waals surface area contributed by atoms with Crippen molar-refractivity contribution < 1.29 is 19.1 Å². The fraction of sp³-hybridized carbons (Fsp3) is 0.692. The van der Waals surface area contributed by atoms with Gasteiger partial charge in [-0.1, -0.05) is 44.1 Å². The summed E-state index contributed by atoms with van der Waals surface area (Å²) < 4.78 is 10.9. The minimum absolute atomic E-state index is 0.105. The van der Waals surface area contributed by atoms with Gasteiger partial charge in [0.2, 0.25) is 0 Å². The Kier molecular flexibility index (Phi) is 7.76. The van der Waals surface area contributed by atoms with Crippen LogP contribution in [0.5, 0.6) is 0 Å². The van der Waals surface area contributed by atoms with Crippen molar-refractivity contribution in [2.45, 2.75) is 86.7 Å². The molecule has 0 saturated heterocycles. The highest BCUT2D eigenvalue weighted by atomic mass is 16.5. The maximum Gasteiger partial charge on any atom is 0.333 e. The van der Waals surface area contributed by atoms with E-state index in [0.29, 0.717) is 17.4 Å². The SMILES string of the molecule is C/C=C(\C)C(=O)O[C@H]1C[C@@H](C)[C@](C)(CC/C(C)=C/C(=O)OC)[C@H]2CCC=C(C)[C@]12C. The van der Waals surface area contributed by atoms with Gasteiger partial charge in [0.15, 0.2) is 0 Å². The monoisotopic (exact) mass is 416 g/mol. The molecule has 1 saturated carbocycles. The Labute approximate surface area is 182 Å². The van der Waals surface area contributed by atoms with E-state index in [0.717, 1.165) is 37.7 Å². The van der Waals surface area contributed by atoms with Crippen LogP contribution in [0.3, 0.4) is 0 Å². The van der Waals surface area contributed by atoms with Crippen LogP contribution in [0.25, 0.3) is 0 Å². The van der Waals surface area contributed by atoms with Crippen molar-refractivity contribution in [2.24, 2.45) is 22.7 Å². The van der Waals surface area contributed by atoms with Crippen molar-refractivity contribution in [3.05, 3.63) is 34.9 Å². The first-order valence-corrected chi connectivity index (χ1v) is 11.3. The van der Waals surface area contributed by atoms with Gasteiger partial charge in [-0.3, -0.25) is 0 Å². The number of fused-ring (bicyclic) bond motifs is 1. The molecule has 168 valence electrons. The zero-order valence-electron chi connectivity index (χ0n) is 20.1. The first-order chi connectivity index (χ1) is 14.0. The summed E-state index contributed by atoms with van der Waals surface area (Å²) >= 11 is 0. The maximum absolute atomic E-state index is 12.6. The van der Waals surface area contributed by atoms with Crippen molar-refractivity contribution in [2.75, 3.05) is 7.11 Å². The lowest BCUT2D eigenvalue weighted by atomic mass is 9.46. The fourth-order valence-electron chi connectivity index (χ4n) is 5.66. The highest BCUT2D eigenvalue weighted by Crippen LogP contribution is 2.62. The first-order valence-electron chi connectivity index (χ1n) is 11.3. The van der Waals surface area contributed by atoms with E-state index in [2.05, 4.69) is 33.8 Å². The lowest BCUT2D eigenvalue weighted by Gasteiger charge is -2.60. The largest absolute Gasteiger partial charge is 0.466 e. The van der Waals surface area contributed by atoms with E-state index in [1.807, 2.05) is 26.8 Å². The van der Waals surface area contributed by atoms with Crippen LogP contribution < -0.4 is 0 Å². The second-order valence-electron chi connectivity index (χ2n) is 9.82. The quantitative estimate of drug-likeness (QED) is 0.295. The molecule has 0 aromatic rings. The van der Waals surface area contributed by atoms with Gasteiger partial charge in [0.05, 0.1) is 7.11 Å². The van der Waals surface area contributed by atoms with Gasteiger partial charge in [0.1, 0.15) is 6.10 Å². The minimum Gasteiger partial charge on any atom is -0.466 e. The lowest BCUT2D eigenvalue weighted by Crippen LogP contribution is -2.57. The van der Waals surface area contributed by atoms with E-state index in [4.69, 9.17) is 9.47 Å². The average molecular weight is 417 g/mol. The molecule has 1 fully saturated rings. The van der Waals surface area contributed by atoms with Gasteiger partial charge >= 0.3 is 11.9 Å². The number of carbonyl (C=O) groups is 2. The Morgan fingerprint density at radius 2 is 1.93 bits per heavy atom. The number of ether oxygens (including phenoxy) is 2. The van der Waals surface area contributed by atoms with Crippen molar-refractivity contribution in [3.8, 4) is 0 Å². The first kappa shape index (κ1) is 24.4.